The second-order valence-electron chi connectivity index (χ2n) is 3.13. The minimum atomic E-state index is -1.16. The van der Waals surface area contributed by atoms with E-state index in [9.17, 15) is 13.6 Å². The fourth-order valence-corrected chi connectivity index (χ4v) is 1.27. The topological polar surface area (TPSA) is 38.3 Å². The van der Waals surface area contributed by atoms with Crippen LogP contribution in [0.25, 0.3) is 0 Å². The Bertz CT molecular complexity index is 394. The molecule has 16 heavy (non-hydrogen) atoms. The lowest BCUT2D eigenvalue weighted by Crippen LogP contribution is -2.20. The molecule has 0 atom stereocenters. The van der Waals surface area contributed by atoms with Crippen LogP contribution < -0.4 is 10.1 Å². The SMILES string of the molecule is CCOc1ccc(C(=O)CNC)c(F)c1F. The van der Waals surface area contributed by atoms with Gasteiger partial charge in [0.15, 0.2) is 17.3 Å². The Labute approximate surface area is 92.4 Å². The van der Waals surface area contributed by atoms with Gasteiger partial charge in [0.1, 0.15) is 0 Å². The van der Waals surface area contributed by atoms with Crippen LogP contribution in [-0.4, -0.2) is 26.0 Å². The van der Waals surface area contributed by atoms with Crippen LogP contribution in [0.1, 0.15) is 17.3 Å². The number of ether oxygens (including phenoxy) is 1. The first-order valence-electron chi connectivity index (χ1n) is 4.90. The van der Waals surface area contributed by atoms with Crippen molar-refractivity contribution in [3.63, 3.8) is 0 Å². The minimum Gasteiger partial charge on any atom is -0.491 e. The number of hydrogen-bond donors (Lipinski definition) is 1. The Hall–Kier alpha value is -1.49. The van der Waals surface area contributed by atoms with Gasteiger partial charge >= 0.3 is 0 Å². The Morgan fingerprint density at radius 1 is 1.38 bits per heavy atom. The van der Waals surface area contributed by atoms with E-state index in [4.69, 9.17) is 4.74 Å². The van der Waals surface area contributed by atoms with Crippen LogP contribution >= 0.6 is 0 Å². The Morgan fingerprint density at radius 3 is 2.62 bits per heavy atom. The lowest BCUT2D eigenvalue weighted by atomic mass is 10.1. The van der Waals surface area contributed by atoms with Gasteiger partial charge in [0, 0.05) is 0 Å². The molecule has 5 heteroatoms. The van der Waals surface area contributed by atoms with Gasteiger partial charge in [0.05, 0.1) is 18.7 Å². The summed E-state index contributed by atoms with van der Waals surface area (Å²) in [4.78, 5) is 11.4. The van der Waals surface area contributed by atoms with E-state index in [1.165, 1.54) is 12.1 Å². The summed E-state index contributed by atoms with van der Waals surface area (Å²) >= 11 is 0. The van der Waals surface area contributed by atoms with Gasteiger partial charge in [-0.25, -0.2) is 4.39 Å². The summed E-state index contributed by atoms with van der Waals surface area (Å²) < 4.78 is 31.7. The summed E-state index contributed by atoms with van der Waals surface area (Å²) in [6.07, 6.45) is 0. The lowest BCUT2D eigenvalue weighted by Gasteiger charge is -2.08. The zero-order valence-corrected chi connectivity index (χ0v) is 9.14. The highest BCUT2D eigenvalue weighted by molar-refractivity contribution is 5.98. The first-order chi connectivity index (χ1) is 7.61. The van der Waals surface area contributed by atoms with E-state index >= 15 is 0 Å². The highest BCUT2D eigenvalue weighted by atomic mass is 19.2. The van der Waals surface area contributed by atoms with Crippen molar-refractivity contribution >= 4 is 5.78 Å². The Kier molecular flexibility index (Phi) is 4.37. The maximum atomic E-state index is 13.5. The van der Waals surface area contributed by atoms with Crippen molar-refractivity contribution in [2.75, 3.05) is 20.2 Å². The molecule has 0 aliphatic heterocycles. The number of rotatable bonds is 5. The number of carbonyl (C=O) groups is 1. The minimum absolute atomic E-state index is 0.0374. The van der Waals surface area contributed by atoms with Crippen LogP contribution in [0.3, 0.4) is 0 Å². The summed E-state index contributed by atoms with van der Waals surface area (Å²) in [6.45, 7) is 1.86. The number of likely N-dealkylation sites (N-methyl/N-ethyl adjacent to an activating group) is 1. The van der Waals surface area contributed by atoms with Gasteiger partial charge < -0.3 is 10.1 Å². The molecule has 1 N–H and O–H groups in total. The molecule has 0 spiro atoms. The molecule has 0 radical (unpaired) electrons. The highest BCUT2D eigenvalue weighted by Crippen LogP contribution is 2.22. The van der Waals surface area contributed by atoms with Crippen LogP contribution in [0.4, 0.5) is 8.78 Å². The van der Waals surface area contributed by atoms with Crippen molar-refractivity contribution in [1.29, 1.82) is 0 Å². The van der Waals surface area contributed by atoms with Crippen molar-refractivity contribution in [3.05, 3.63) is 29.3 Å². The maximum absolute atomic E-state index is 13.5. The van der Waals surface area contributed by atoms with Gasteiger partial charge in [-0.05, 0) is 26.1 Å². The fraction of sp³-hybridized carbons (Fsp3) is 0.364. The molecule has 1 aromatic carbocycles. The summed E-state index contributed by atoms with van der Waals surface area (Å²) in [5.74, 6) is -2.96. The predicted molar refractivity (Wildman–Crippen MR) is 55.8 cm³/mol. The number of benzene rings is 1. The number of hydrogen-bond acceptors (Lipinski definition) is 3. The molecule has 0 aliphatic carbocycles. The van der Waals surface area contributed by atoms with Gasteiger partial charge in [-0.2, -0.15) is 4.39 Å². The van der Waals surface area contributed by atoms with Crippen molar-refractivity contribution in [2.45, 2.75) is 6.92 Å². The van der Waals surface area contributed by atoms with Crippen molar-refractivity contribution in [2.24, 2.45) is 0 Å². The summed E-state index contributed by atoms with van der Waals surface area (Å²) in [6, 6.07) is 2.48. The van der Waals surface area contributed by atoms with E-state index in [0.29, 0.717) is 0 Å². The molecule has 0 saturated heterocycles. The van der Waals surface area contributed by atoms with Gasteiger partial charge in [-0.3, -0.25) is 4.79 Å². The highest BCUT2D eigenvalue weighted by Gasteiger charge is 2.18. The van der Waals surface area contributed by atoms with Crippen LogP contribution in [0.5, 0.6) is 5.75 Å². The van der Waals surface area contributed by atoms with Crippen LogP contribution in [0.15, 0.2) is 12.1 Å². The molecule has 0 saturated carbocycles. The van der Waals surface area contributed by atoms with E-state index in [2.05, 4.69) is 5.32 Å². The fourth-order valence-electron chi connectivity index (χ4n) is 1.27. The molecule has 1 aromatic rings. The number of Topliss-reactive ketones (excluding diaryl/α,β-unsaturated/α-hetero) is 1. The largest absolute Gasteiger partial charge is 0.491 e. The molecule has 0 fully saturated rings. The van der Waals surface area contributed by atoms with E-state index in [1.807, 2.05) is 0 Å². The van der Waals surface area contributed by atoms with Crippen LogP contribution in [0.2, 0.25) is 0 Å². The van der Waals surface area contributed by atoms with Crippen molar-refractivity contribution in [1.82, 2.24) is 5.32 Å². The number of nitrogens with one attached hydrogen (secondary N) is 1. The van der Waals surface area contributed by atoms with E-state index < -0.39 is 17.4 Å². The Balaban J connectivity index is 3.06. The third kappa shape index (κ3) is 2.55. The van der Waals surface area contributed by atoms with E-state index in [0.717, 1.165) is 0 Å². The van der Waals surface area contributed by atoms with Crippen LogP contribution in [0, 0.1) is 11.6 Å². The van der Waals surface area contributed by atoms with Gasteiger partial charge in [0.25, 0.3) is 0 Å². The third-order valence-electron chi connectivity index (χ3n) is 1.98. The molecule has 0 bridgehead atoms. The number of ketones is 1. The molecular weight excluding hydrogens is 216 g/mol. The van der Waals surface area contributed by atoms with Crippen LogP contribution in [-0.2, 0) is 0 Å². The summed E-state index contributed by atoms with van der Waals surface area (Å²) in [5.41, 5.74) is -0.268. The predicted octanol–water partition coefficient (Wildman–Crippen LogP) is 1.77. The molecule has 0 aromatic heterocycles. The van der Waals surface area contributed by atoms with Gasteiger partial charge in [-0.15, -0.1) is 0 Å². The molecule has 88 valence electrons. The van der Waals surface area contributed by atoms with E-state index in [-0.39, 0.29) is 24.5 Å². The van der Waals surface area contributed by atoms with Crippen molar-refractivity contribution < 1.29 is 18.3 Å². The average molecular weight is 229 g/mol. The zero-order chi connectivity index (χ0) is 12.1. The molecule has 0 unspecified atom stereocenters. The molecule has 0 amide bonds. The van der Waals surface area contributed by atoms with E-state index in [1.54, 1.807) is 14.0 Å². The van der Waals surface area contributed by atoms with Gasteiger partial charge in [-0.1, -0.05) is 0 Å². The standard InChI is InChI=1S/C11H13F2NO2/c1-3-16-9-5-4-7(8(15)6-14-2)10(12)11(9)13/h4-5,14H,3,6H2,1-2H3. The van der Waals surface area contributed by atoms with Crippen molar-refractivity contribution in [3.8, 4) is 5.75 Å². The smallest absolute Gasteiger partial charge is 0.201 e. The third-order valence-corrected chi connectivity index (χ3v) is 1.98. The second-order valence-corrected chi connectivity index (χ2v) is 3.13. The first kappa shape index (κ1) is 12.6. The normalized spacial score (nSPS) is 10.2. The molecular formula is C11H13F2NO2. The maximum Gasteiger partial charge on any atom is 0.201 e. The quantitative estimate of drug-likeness (QED) is 0.782. The summed E-state index contributed by atoms with van der Waals surface area (Å²) in [7, 11) is 1.56. The second kappa shape index (κ2) is 5.55. The Morgan fingerprint density at radius 2 is 2.06 bits per heavy atom. The number of carbonyl (C=O) groups excluding carboxylic acids is 1. The molecule has 0 heterocycles. The monoisotopic (exact) mass is 229 g/mol. The molecule has 3 nitrogen and oxygen atoms in total. The van der Waals surface area contributed by atoms with Gasteiger partial charge in [0.2, 0.25) is 5.82 Å². The lowest BCUT2D eigenvalue weighted by molar-refractivity contribution is 0.0988. The first-order valence-corrected chi connectivity index (χ1v) is 4.90. The average Bonchev–Trinajstić information content (AvgIpc) is 2.25. The molecule has 1 rings (SSSR count). The number of halogens is 2. The zero-order valence-electron chi connectivity index (χ0n) is 9.14. The summed E-state index contributed by atoms with van der Waals surface area (Å²) in [5, 5.41) is 2.58. The molecule has 0 aliphatic rings.